The monoisotopic (exact) mass is 525 g/mol. The van der Waals surface area contributed by atoms with Crippen molar-refractivity contribution in [2.75, 3.05) is 26.2 Å². The second-order valence-corrected chi connectivity index (χ2v) is 11.1. The van der Waals surface area contributed by atoms with Crippen molar-refractivity contribution in [1.29, 1.82) is 0 Å². The number of hydrogen-bond donors (Lipinski definition) is 0. The molecule has 5 heteroatoms. The van der Waals surface area contributed by atoms with Gasteiger partial charge in [0, 0.05) is 44.6 Å². The maximum absolute atomic E-state index is 13.8. The van der Waals surface area contributed by atoms with Crippen LogP contribution in [0.4, 0.5) is 0 Å². The number of piperidine rings is 1. The number of fused-ring (bicyclic) bond motifs is 1. The third kappa shape index (κ3) is 6.06. The first-order chi connectivity index (χ1) is 18.6. The molecule has 0 radical (unpaired) electrons. The number of hydrogen-bond acceptors (Lipinski definition) is 5. The zero-order valence-electron chi connectivity index (χ0n) is 22.1. The Morgan fingerprint density at radius 1 is 0.868 bits per heavy atom. The highest BCUT2D eigenvalue weighted by molar-refractivity contribution is 7.22. The van der Waals surface area contributed by atoms with Crippen LogP contribution in [0, 0.1) is 0 Å². The standard InChI is InChI=1S/C33H35NO3S/c1-2-3-10-29(35)24-12-14-26(15-13-24)33-31(28-9-5-6-11-30(28)38-33)32(36)25-16-18-27(19-17-25)37-23-22-34-20-7-4-8-21-34/h5-6,9,11-19H,2-4,7-8,10,20-23H2,1H3. The predicted molar refractivity (Wildman–Crippen MR) is 157 cm³/mol. The van der Waals surface area contributed by atoms with Gasteiger partial charge >= 0.3 is 0 Å². The molecule has 4 aromatic rings. The Balaban J connectivity index is 1.35. The van der Waals surface area contributed by atoms with Crippen molar-refractivity contribution < 1.29 is 14.3 Å². The summed E-state index contributed by atoms with van der Waals surface area (Å²) in [4.78, 5) is 29.7. The van der Waals surface area contributed by atoms with Gasteiger partial charge in [-0.2, -0.15) is 0 Å². The number of rotatable bonds is 11. The number of ketones is 2. The van der Waals surface area contributed by atoms with Gasteiger partial charge in [0.15, 0.2) is 11.6 Å². The molecule has 0 saturated carbocycles. The number of carbonyl (C=O) groups is 2. The van der Waals surface area contributed by atoms with E-state index >= 15 is 0 Å². The maximum atomic E-state index is 13.8. The minimum absolute atomic E-state index is 0.000385. The van der Waals surface area contributed by atoms with Crippen molar-refractivity contribution in [2.45, 2.75) is 45.4 Å². The van der Waals surface area contributed by atoms with Crippen molar-refractivity contribution in [2.24, 2.45) is 0 Å². The van der Waals surface area contributed by atoms with Crippen LogP contribution in [-0.2, 0) is 0 Å². The number of thiophene rings is 1. The SMILES string of the molecule is CCCCC(=O)c1ccc(-c2sc3ccccc3c2C(=O)c2ccc(OCCN3CCCCC3)cc2)cc1. The van der Waals surface area contributed by atoms with Gasteiger partial charge in [-0.25, -0.2) is 0 Å². The largest absolute Gasteiger partial charge is 0.492 e. The van der Waals surface area contributed by atoms with Crippen LogP contribution < -0.4 is 4.74 Å². The third-order valence-corrected chi connectivity index (χ3v) is 8.51. The molecule has 0 atom stereocenters. The van der Waals surface area contributed by atoms with Gasteiger partial charge in [0.1, 0.15) is 12.4 Å². The van der Waals surface area contributed by atoms with E-state index in [4.69, 9.17) is 4.74 Å². The quantitative estimate of drug-likeness (QED) is 0.186. The number of Topliss-reactive ketones (excluding diaryl/α,β-unsaturated/α-hetero) is 1. The summed E-state index contributed by atoms with van der Waals surface area (Å²) in [7, 11) is 0. The van der Waals surface area contributed by atoms with Gasteiger partial charge in [-0.3, -0.25) is 14.5 Å². The highest BCUT2D eigenvalue weighted by atomic mass is 32.1. The van der Waals surface area contributed by atoms with Crippen molar-refractivity contribution >= 4 is 33.0 Å². The summed E-state index contributed by atoms with van der Waals surface area (Å²) in [6.07, 6.45) is 6.35. The number of ether oxygens (including phenoxy) is 1. The molecule has 1 aliphatic heterocycles. The Labute approximate surface area is 229 Å². The molecule has 0 bridgehead atoms. The molecule has 2 heterocycles. The molecular formula is C33H35NO3S. The van der Waals surface area contributed by atoms with E-state index in [2.05, 4.69) is 17.9 Å². The van der Waals surface area contributed by atoms with Crippen LogP contribution >= 0.6 is 11.3 Å². The number of carbonyl (C=O) groups excluding carboxylic acids is 2. The predicted octanol–water partition coefficient (Wildman–Crippen LogP) is 8.04. The lowest BCUT2D eigenvalue weighted by Crippen LogP contribution is -2.33. The first-order valence-corrected chi connectivity index (χ1v) is 14.6. The van der Waals surface area contributed by atoms with Gasteiger partial charge in [-0.15, -0.1) is 11.3 Å². The van der Waals surface area contributed by atoms with Crippen LogP contribution in [0.3, 0.4) is 0 Å². The average molecular weight is 526 g/mol. The van der Waals surface area contributed by atoms with Crippen molar-refractivity contribution in [3.63, 3.8) is 0 Å². The molecule has 0 amide bonds. The minimum Gasteiger partial charge on any atom is -0.492 e. The Morgan fingerprint density at radius 2 is 1.58 bits per heavy atom. The summed E-state index contributed by atoms with van der Waals surface area (Å²) in [5, 5.41) is 0.961. The summed E-state index contributed by atoms with van der Waals surface area (Å²) in [5.74, 6) is 0.960. The van der Waals surface area contributed by atoms with Crippen LogP contribution in [0.25, 0.3) is 20.5 Å². The van der Waals surface area contributed by atoms with E-state index in [1.165, 1.54) is 19.3 Å². The highest BCUT2D eigenvalue weighted by Gasteiger charge is 2.22. The number of likely N-dealkylation sites (tertiary alicyclic amines) is 1. The Hall–Kier alpha value is -3.28. The van der Waals surface area contributed by atoms with Gasteiger partial charge in [0.25, 0.3) is 0 Å². The molecule has 1 aliphatic rings. The fourth-order valence-electron chi connectivity index (χ4n) is 5.09. The lowest BCUT2D eigenvalue weighted by Gasteiger charge is -2.26. The summed E-state index contributed by atoms with van der Waals surface area (Å²) in [6, 6.07) is 23.3. The number of unbranched alkanes of at least 4 members (excludes halogenated alkanes) is 1. The molecule has 1 saturated heterocycles. The lowest BCUT2D eigenvalue weighted by atomic mass is 9.96. The molecule has 0 spiro atoms. The van der Waals surface area contributed by atoms with Crippen molar-refractivity contribution in [3.05, 3.63) is 89.5 Å². The van der Waals surface area contributed by atoms with E-state index in [1.807, 2.05) is 66.7 Å². The molecule has 1 fully saturated rings. The Kier molecular flexibility index (Phi) is 8.67. The molecule has 38 heavy (non-hydrogen) atoms. The van der Waals surface area contributed by atoms with Crippen LogP contribution in [0.2, 0.25) is 0 Å². The van der Waals surface area contributed by atoms with E-state index in [0.29, 0.717) is 18.6 Å². The summed E-state index contributed by atoms with van der Waals surface area (Å²) < 4.78 is 7.05. The van der Waals surface area contributed by atoms with Gasteiger partial charge in [0.05, 0.1) is 0 Å². The molecule has 0 N–H and O–H groups in total. The second kappa shape index (κ2) is 12.5. The van der Waals surface area contributed by atoms with Crippen molar-refractivity contribution in [3.8, 4) is 16.2 Å². The van der Waals surface area contributed by atoms with Gasteiger partial charge in [0.2, 0.25) is 0 Å². The second-order valence-electron chi connectivity index (χ2n) is 10.0. The number of benzene rings is 3. The summed E-state index contributed by atoms with van der Waals surface area (Å²) >= 11 is 1.62. The van der Waals surface area contributed by atoms with E-state index in [-0.39, 0.29) is 11.6 Å². The van der Waals surface area contributed by atoms with E-state index in [9.17, 15) is 9.59 Å². The Bertz CT molecular complexity index is 1380. The molecule has 5 rings (SSSR count). The van der Waals surface area contributed by atoms with E-state index < -0.39 is 0 Å². The van der Waals surface area contributed by atoms with Crippen LogP contribution in [0.5, 0.6) is 5.75 Å². The van der Waals surface area contributed by atoms with E-state index in [0.717, 1.165) is 69.9 Å². The summed E-state index contributed by atoms with van der Waals surface area (Å²) in [5.41, 5.74) is 3.05. The van der Waals surface area contributed by atoms with E-state index in [1.54, 1.807) is 11.3 Å². The molecule has 1 aromatic heterocycles. The first kappa shape index (κ1) is 26.3. The fourth-order valence-corrected chi connectivity index (χ4v) is 6.29. The van der Waals surface area contributed by atoms with Gasteiger partial charge < -0.3 is 4.74 Å². The average Bonchev–Trinajstić information content (AvgIpc) is 3.36. The molecule has 0 unspecified atom stereocenters. The fraction of sp³-hybridized carbons (Fsp3) is 0.333. The third-order valence-electron chi connectivity index (χ3n) is 7.29. The van der Waals surface area contributed by atoms with Crippen molar-refractivity contribution in [1.82, 2.24) is 4.90 Å². The molecular weight excluding hydrogens is 490 g/mol. The molecule has 3 aromatic carbocycles. The highest BCUT2D eigenvalue weighted by Crippen LogP contribution is 2.40. The zero-order chi connectivity index (χ0) is 26.3. The van der Waals surface area contributed by atoms with Crippen LogP contribution in [-0.4, -0.2) is 42.7 Å². The minimum atomic E-state index is 0.000385. The molecule has 196 valence electrons. The molecule has 0 aliphatic carbocycles. The Morgan fingerprint density at radius 3 is 2.32 bits per heavy atom. The number of nitrogens with zero attached hydrogens (tertiary/aromatic N) is 1. The van der Waals surface area contributed by atoms with Crippen LogP contribution in [0.15, 0.2) is 72.8 Å². The molecule has 4 nitrogen and oxygen atoms in total. The zero-order valence-corrected chi connectivity index (χ0v) is 22.9. The first-order valence-electron chi connectivity index (χ1n) is 13.8. The topological polar surface area (TPSA) is 46.6 Å². The lowest BCUT2D eigenvalue weighted by molar-refractivity contribution is 0.0978. The summed E-state index contributed by atoms with van der Waals surface area (Å²) in [6.45, 7) is 6.00. The smallest absolute Gasteiger partial charge is 0.195 e. The van der Waals surface area contributed by atoms with Gasteiger partial charge in [-0.05, 0) is 68.2 Å². The van der Waals surface area contributed by atoms with Gasteiger partial charge in [-0.1, -0.05) is 62.2 Å². The maximum Gasteiger partial charge on any atom is 0.195 e. The normalized spacial score (nSPS) is 14.0. The van der Waals surface area contributed by atoms with Crippen LogP contribution in [0.1, 0.15) is 71.7 Å².